The van der Waals surface area contributed by atoms with Crippen LogP contribution in [0, 0.1) is 41.4 Å². The van der Waals surface area contributed by atoms with Crippen LogP contribution in [0.3, 0.4) is 0 Å². The average molecular weight is 433 g/mol. The lowest BCUT2D eigenvalue weighted by molar-refractivity contribution is -0.137. The van der Waals surface area contributed by atoms with E-state index in [1.165, 1.54) is 11.1 Å². The molecule has 4 rings (SSSR count). The maximum Gasteiger partial charge on any atom is 0.145 e. The van der Waals surface area contributed by atoms with E-state index in [9.17, 15) is 10.2 Å². The zero-order valence-corrected chi connectivity index (χ0v) is 19.2. The van der Waals surface area contributed by atoms with Gasteiger partial charge in [-0.05, 0) is 85.8 Å². The Hall–Kier alpha value is -1.65. The minimum absolute atomic E-state index is 0.00621. The fourth-order valence-electron chi connectivity index (χ4n) is 7.13. The molecule has 0 spiro atoms. The van der Waals surface area contributed by atoms with E-state index in [1.54, 1.807) is 0 Å². The number of hydrogen-bond acceptors (Lipinski definition) is 6. The van der Waals surface area contributed by atoms with Gasteiger partial charge in [0.1, 0.15) is 6.29 Å². The van der Waals surface area contributed by atoms with Crippen LogP contribution in [0.25, 0.3) is 0 Å². The molecule has 4 aliphatic rings. The molecule has 0 aliphatic heterocycles. The van der Waals surface area contributed by atoms with Gasteiger partial charge in [0.25, 0.3) is 0 Å². The van der Waals surface area contributed by atoms with E-state index in [1.807, 2.05) is 7.05 Å². The van der Waals surface area contributed by atoms with Gasteiger partial charge < -0.3 is 31.2 Å². The first-order valence-electron chi connectivity index (χ1n) is 11.3. The number of carbonyl (C=O) groups is 1. The number of allylic oxidation sites excluding steroid dienone is 2. The van der Waals surface area contributed by atoms with Crippen molar-refractivity contribution in [3.63, 3.8) is 0 Å². The Morgan fingerprint density at radius 2 is 1.90 bits per heavy atom. The molecule has 3 saturated carbocycles. The summed E-state index contributed by atoms with van der Waals surface area (Å²) in [6.07, 6.45) is 16.0. The molecule has 2 unspecified atom stereocenters. The molecular formula is C25H40N2O4. The van der Waals surface area contributed by atoms with E-state index in [4.69, 9.17) is 15.6 Å². The number of likely N-dealkylation sites (N-methyl/N-ethyl adjacent to an activating group) is 1. The van der Waals surface area contributed by atoms with E-state index in [2.05, 4.69) is 38.1 Å². The van der Waals surface area contributed by atoms with Crippen molar-refractivity contribution in [1.82, 2.24) is 5.32 Å². The van der Waals surface area contributed by atoms with Crippen LogP contribution in [0.2, 0.25) is 0 Å². The van der Waals surface area contributed by atoms with Gasteiger partial charge in [0.2, 0.25) is 0 Å². The highest BCUT2D eigenvalue weighted by Crippen LogP contribution is 2.65. The predicted molar refractivity (Wildman–Crippen MR) is 123 cm³/mol. The van der Waals surface area contributed by atoms with Crippen LogP contribution in [0.4, 0.5) is 0 Å². The Morgan fingerprint density at radius 1 is 1.26 bits per heavy atom. The molecule has 4 aliphatic carbocycles. The molecule has 0 radical (unpaired) electrons. The Kier molecular flexibility index (Phi) is 8.52. The molecule has 0 aromatic carbocycles. The van der Waals surface area contributed by atoms with Gasteiger partial charge in [0.05, 0.1) is 18.8 Å². The maximum absolute atomic E-state index is 11.2. The predicted octanol–water partition coefficient (Wildman–Crippen LogP) is 1.75. The highest BCUT2D eigenvalue weighted by molar-refractivity contribution is 5.49. The monoisotopic (exact) mass is 432 g/mol. The molecule has 0 amide bonds. The fraction of sp³-hybridized carbons (Fsp3) is 0.720. The Morgan fingerprint density at radius 3 is 2.48 bits per heavy atom. The van der Waals surface area contributed by atoms with Gasteiger partial charge in [-0.25, -0.2) is 0 Å². The molecule has 0 aromatic rings. The number of hydrogen-bond donors (Lipinski definition) is 5. The van der Waals surface area contributed by atoms with Crippen molar-refractivity contribution >= 4 is 6.29 Å². The summed E-state index contributed by atoms with van der Waals surface area (Å²) in [7, 11) is 1.96. The highest BCUT2D eigenvalue weighted by atomic mass is 16.3. The van der Waals surface area contributed by atoms with Crippen molar-refractivity contribution in [3.05, 3.63) is 22.9 Å². The summed E-state index contributed by atoms with van der Waals surface area (Å²) >= 11 is 0. The summed E-state index contributed by atoms with van der Waals surface area (Å²) in [5.41, 5.74) is 9.87. The molecule has 31 heavy (non-hydrogen) atoms. The fourth-order valence-corrected chi connectivity index (χ4v) is 7.13. The quantitative estimate of drug-likeness (QED) is 0.343. The molecule has 0 saturated heterocycles. The van der Waals surface area contributed by atoms with Gasteiger partial charge in [0, 0.05) is 12.2 Å². The molecule has 3 fully saturated rings. The molecule has 6 N–H and O–H groups in total. The zero-order valence-electron chi connectivity index (χ0n) is 19.2. The van der Waals surface area contributed by atoms with Crippen LogP contribution in [0.15, 0.2) is 22.9 Å². The third kappa shape index (κ3) is 4.47. The van der Waals surface area contributed by atoms with Crippen molar-refractivity contribution < 1.29 is 20.1 Å². The summed E-state index contributed by atoms with van der Waals surface area (Å²) < 4.78 is 0. The minimum Gasteiger partial charge on any atom is -0.399 e. The van der Waals surface area contributed by atoms with Crippen molar-refractivity contribution in [1.29, 1.82) is 0 Å². The lowest BCUT2D eigenvalue weighted by Crippen LogP contribution is -2.57. The molecule has 0 heterocycles. The van der Waals surface area contributed by atoms with Gasteiger partial charge in [-0.1, -0.05) is 19.4 Å². The third-order valence-electron chi connectivity index (χ3n) is 8.40. The molecule has 0 bridgehead atoms. The SMILES string of the molecule is C#C.CNCC1=C(N)C=C2CC[C@@H]3C([C@@H](O)C[C@@]4(C)C3CC[C@H]4O)[C@@]2(C)C1.O=CCO. The summed E-state index contributed by atoms with van der Waals surface area (Å²) in [6.45, 7) is 5.03. The average Bonchev–Trinajstić information content (AvgIpc) is 3.04. The third-order valence-corrected chi connectivity index (χ3v) is 8.40. The van der Waals surface area contributed by atoms with Crippen LogP contribution >= 0.6 is 0 Å². The van der Waals surface area contributed by atoms with E-state index in [-0.39, 0.29) is 35.6 Å². The van der Waals surface area contributed by atoms with Gasteiger partial charge in [-0.15, -0.1) is 12.8 Å². The number of aliphatic hydroxyl groups excluding tert-OH is 3. The van der Waals surface area contributed by atoms with E-state index >= 15 is 0 Å². The highest BCUT2D eigenvalue weighted by Gasteiger charge is 2.61. The maximum atomic E-state index is 11.2. The van der Waals surface area contributed by atoms with E-state index in [0.717, 1.165) is 50.8 Å². The second-order valence-corrected chi connectivity index (χ2v) is 9.91. The summed E-state index contributed by atoms with van der Waals surface area (Å²) in [6, 6.07) is 0. The van der Waals surface area contributed by atoms with E-state index in [0.29, 0.717) is 18.1 Å². The van der Waals surface area contributed by atoms with E-state index < -0.39 is 0 Å². The van der Waals surface area contributed by atoms with Gasteiger partial charge >= 0.3 is 0 Å². The molecule has 7 atom stereocenters. The summed E-state index contributed by atoms with van der Waals surface area (Å²) in [5, 5.41) is 32.6. The first-order valence-corrected chi connectivity index (χ1v) is 11.3. The topological polar surface area (TPSA) is 116 Å². The standard InChI is InChI=1S/C21H34N2O2.C2H4O2.C2H2/c1-20-9-12(11-23-3)16(22)8-13(20)4-5-14-15-6-7-18(25)21(15,2)10-17(24)19(14)20;3-1-2-4;1-2/h8,14-15,17-19,23-25H,4-7,9-11,22H2,1-3H3;1,4H,2H2;1-2H/t14-,15?,17-,18+,19?,20-,21-;;/m0../s1. The first kappa shape index (κ1) is 25.6. The van der Waals surface area contributed by atoms with Crippen molar-refractivity contribution in [2.45, 2.75) is 64.6 Å². The van der Waals surface area contributed by atoms with Crippen molar-refractivity contribution in [2.24, 2.45) is 34.3 Å². The number of rotatable bonds is 3. The molecule has 6 heteroatoms. The van der Waals surface area contributed by atoms with Crippen LogP contribution in [0.1, 0.15) is 52.4 Å². The van der Waals surface area contributed by atoms with Crippen LogP contribution in [-0.2, 0) is 4.79 Å². The van der Waals surface area contributed by atoms with Crippen LogP contribution < -0.4 is 11.1 Å². The largest absolute Gasteiger partial charge is 0.399 e. The smallest absolute Gasteiger partial charge is 0.145 e. The second kappa shape index (κ2) is 10.3. The Bertz CT molecular complexity index is 730. The second-order valence-electron chi connectivity index (χ2n) is 9.91. The molecule has 0 aromatic heterocycles. The Balaban J connectivity index is 0.000000513. The van der Waals surface area contributed by atoms with Crippen molar-refractivity contribution in [2.75, 3.05) is 20.2 Å². The lowest BCUT2D eigenvalue weighted by Gasteiger charge is -2.59. The Labute approximate surface area is 187 Å². The van der Waals surface area contributed by atoms with Gasteiger partial charge in [-0.3, -0.25) is 0 Å². The molecule has 6 nitrogen and oxygen atoms in total. The van der Waals surface area contributed by atoms with Gasteiger partial charge in [-0.2, -0.15) is 0 Å². The van der Waals surface area contributed by atoms with Crippen LogP contribution in [0.5, 0.6) is 0 Å². The summed E-state index contributed by atoms with van der Waals surface area (Å²) in [4.78, 5) is 8.92. The number of nitrogens with two attached hydrogens (primary N) is 1. The number of nitrogens with one attached hydrogen (secondary N) is 1. The normalized spacial score (nSPS) is 40.6. The first-order chi connectivity index (χ1) is 14.7. The number of aliphatic hydroxyl groups is 3. The number of fused-ring (bicyclic) bond motifs is 5. The number of terminal acetylenes is 1. The van der Waals surface area contributed by atoms with Crippen LogP contribution in [-0.4, -0.2) is 54.0 Å². The summed E-state index contributed by atoms with van der Waals surface area (Å²) in [5.74, 6) is 1.35. The molecular weight excluding hydrogens is 392 g/mol. The zero-order chi connectivity index (χ0) is 23.4. The van der Waals surface area contributed by atoms with Crippen molar-refractivity contribution in [3.8, 4) is 12.8 Å². The van der Waals surface area contributed by atoms with Gasteiger partial charge in [0.15, 0.2) is 0 Å². The number of carbonyl (C=O) groups excluding carboxylic acids is 1. The minimum atomic E-state index is -0.361. The molecule has 174 valence electrons. The number of aldehydes is 1. The lowest BCUT2D eigenvalue weighted by atomic mass is 9.46.